The SMILES string of the molecule is CCNCCC(C)c1cccc2ccsc12. The molecule has 2 rings (SSSR count). The molecular formula is C14H19NS. The maximum Gasteiger partial charge on any atom is 0.0377 e. The van der Waals surface area contributed by atoms with Crippen LogP contribution in [0.1, 0.15) is 31.7 Å². The summed E-state index contributed by atoms with van der Waals surface area (Å²) in [7, 11) is 0. The van der Waals surface area contributed by atoms with Crippen molar-refractivity contribution in [3.63, 3.8) is 0 Å². The van der Waals surface area contributed by atoms with E-state index in [1.54, 1.807) is 0 Å². The topological polar surface area (TPSA) is 12.0 Å². The summed E-state index contributed by atoms with van der Waals surface area (Å²) in [5.41, 5.74) is 1.51. The van der Waals surface area contributed by atoms with Gasteiger partial charge >= 0.3 is 0 Å². The molecule has 0 amide bonds. The minimum Gasteiger partial charge on any atom is -0.317 e. The predicted molar refractivity (Wildman–Crippen MR) is 73.4 cm³/mol. The van der Waals surface area contributed by atoms with Crippen LogP contribution in [0.3, 0.4) is 0 Å². The van der Waals surface area contributed by atoms with Gasteiger partial charge in [-0.15, -0.1) is 11.3 Å². The predicted octanol–water partition coefficient (Wildman–Crippen LogP) is 4.00. The van der Waals surface area contributed by atoms with Gasteiger partial charge in [0, 0.05) is 4.70 Å². The first-order chi connectivity index (χ1) is 7.83. The van der Waals surface area contributed by atoms with Crippen LogP contribution in [0.15, 0.2) is 29.6 Å². The van der Waals surface area contributed by atoms with Crippen LogP contribution in [0, 0.1) is 0 Å². The van der Waals surface area contributed by atoms with Crippen molar-refractivity contribution < 1.29 is 0 Å². The van der Waals surface area contributed by atoms with Crippen LogP contribution in [-0.4, -0.2) is 13.1 Å². The summed E-state index contributed by atoms with van der Waals surface area (Å²) in [5.74, 6) is 0.640. The molecule has 0 fully saturated rings. The fraction of sp³-hybridized carbons (Fsp3) is 0.429. The van der Waals surface area contributed by atoms with Crippen LogP contribution in [0.5, 0.6) is 0 Å². The summed E-state index contributed by atoms with van der Waals surface area (Å²) < 4.78 is 1.46. The second-order valence-corrected chi connectivity index (χ2v) is 5.15. The highest BCUT2D eigenvalue weighted by atomic mass is 32.1. The van der Waals surface area contributed by atoms with E-state index in [0.29, 0.717) is 5.92 Å². The molecule has 1 aromatic carbocycles. The number of hydrogen-bond acceptors (Lipinski definition) is 2. The van der Waals surface area contributed by atoms with Crippen molar-refractivity contribution in [3.8, 4) is 0 Å². The van der Waals surface area contributed by atoms with Gasteiger partial charge in [0.2, 0.25) is 0 Å². The highest BCUT2D eigenvalue weighted by Crippen LogP contribution is 2.31. The standard InChI is InChI=1S/C14H19NS/c1-3-15-9-7-11(2)13-6-4-5-12-8-10-16-14(12)13/h4-6,8,10-11,15H,3,7,9H2,1-2H3. The molecule has 0 saturated carbocycles. The molecule has 0 spiro atoms. The second kappa shape index (κ2) is 5.46. The van der Waals surface area contributed by atoms with Gasteiger partial charge in [0.1, 0.15) is 0 Å². The third kappa shape index (κ3) is 2.45. The van der Waals surface area contributed by atoms with Gasteiger partial charge in [-0.3, -0.25) is 0 Å². The molecular weight excluding hydrogens is 214 g/mol. The monoisotopic (exact) mass is 233 g/mol. The minimum absolute atomic E-state index is 0.640. The van der Waals surface area contributed by atoms with Crippen molar-refractivity contribution >= 4 is 21.4 Å². The first-order valence-electron chi connectivity index (χ1n) is 5.99. The van der Waals surface area contributed by atoms with E-state index in [1.165, 1.54) is 22.1 Å². The number of fused-ring (bicyclic) bond motifs is 1. The van der Waals surface area contributed by atoms with E-state index in [1.807, 2.05) is 11.3 Å². The van der Waals surface area contributed by atoms with Gasteiger partial charge in [-0.25, -0.2) is 0 Å². The highest BCUT2D eigenvalue weighted by molar-refractivity contribution is 7.17. The first kappa shape index (κ1) is 11.6. The van der Waals surface area contributed by atoms with Gasteiger partial charge in [-0.1, -0.05) is 32.0 Å². The summed E-state index contributed by atoms with van der Waals surface area (Å²) in [6, 6.07) is 8.86. The maximum atomic E-state index is 3.39. The molecule has 0 radical (unpaired) electrons. The van der Waals surface area contributed by atoms with Gasteiger partial charge in [0.05, 0.1) is 0 Å². The molecule has 1 unspecified atom stereocenters. The fourth-order valence-electron chi connectivity index (χ4n) is 2.06. The van der Waals surface area contributed by atoms with Crippen molar-refractivity contribution in [2.75, 3.05) is 13.1 Å². The van der Waals surface area contributed by atoms with E-state index in [-0.39, 0.29) is 0 Å². The minimum atomic E-state index is 0.640. The molecule has 1 heterocycles. The molecule has 1 aromatic heterocycles. The Bertz CT molecular complexity index is 447. The Hall–Kier alpha value is -0.860. The Morgan fingerprint density at radius 2 is 2.19 bits per heavy atom. The van der Waals surface area contributed by atoms with Gasteiger partial charge in [-0.05, 0) is 47.8 Å². The summed E-state index contributed by atoms with van der Waals surface area (Å²) in [6.45, 7) is 6.66. The fourth-order valence-corrected chi connectivity index (χ4v) is 3.08. The van der Waals surface area contributed by atoms with Crippen LogP contribution in [0.25, 0.3) is 10.1 Å². The highest BCUT2D eigenvalue weighted by Gasteiger charge is 2.09. The van der Waals surface area contributed by atoms with E-state index in [0.717, 1.165) is 13.1 Å². The average Bonchev–Trinajstić information content (AvgIpc) is 2.76. The zero-order valence-corrected chi connectivity index (χ0v) is 10.8. The van der Waals surface area contributed by atoms with Crippen LogP contribution >= 0.6 is 11.3 Å². The Kier molecular flexibility index (Phi) is 3.97. The van der Waals surface area contributed by atoms with Crippen LogP contribution in [-0.2, 0) is 0 Å². The molecule has 1 N–H and O–H groups in total. The van der Waals surface area contributed by atoms with Gasteiger partial charge < -0.3 is 5.32 Å². The molecule has 86 valence electrons. The van der Waals surface area contributed by atoms with Crippen molar-refractivity contribution in [3.05, 3.63) is 35.2 Å². The van der Waals surface area contributed by atoms with E-state index < -0.39 is 0 Å². The van der Waals surface area contributed by atoms with Crippen molar-refractivity contribution in [1.29, 1.82) is 0 Å². The zero-order chi connectivity index (χ0) is 11.4. The maximum absolute atomic E-state index is 3.39. The van der Waals surface area contributed by atoms with E-state index in [4.69, 9.17) is 0 Å². The van der Waals surface area contributed by atoms with Crippen molar-refractivity contribution in [2.24, 2.45) is 0 Å². The van der Waals surface area contributed by atoms with Crippen molar-refractivity contribution in [2.45, 2.75) is 26.2 Å². The lowest BCUT2D eigenvalue weighted by molar-refractivity contribution is 0.611. The lowest BCUT2D eigenvalue weighted by Gasteiger charge is -2.13. The molecule has 0 aliphatic carbocycles. The first-order valence-corrected chi connectivity index (χ1v) is 6.87. The van der Waals surface area contributed by atoms with E-state index in [2.05, 4.69) is 48.8 Å². The molecule has 2 aromatic rings. The van der Waals surface area contributed by atoms with E-state index in [9.17, 15) is 0 Å². The number of benzene rings is 1. The average molecular weight is 233 g/mol. The van der Waals surface area contributed by atoms with E-state index >= 15 is 0 Å². The summed E-state index contributed by atoms with van der Waals surface area (Å²) in [5, 5.41) is 6.97. The molecule has 0 aliphatic heterocycles. The van der Waals surface area contributed by atoms with Crippen LogP contribution in [0.4, 0.5) is 0 Å². The molecule has 0 bridgehead atoms. The Morgan fingerprint density at radius 1 is 1.31 bits per heavy atom. The van der Waals surface area contributed by atoms with Crippen molar-refractivity contribution in [1.82, 2.24) is 5.32 Å². The Labute approximate surface area is 101 Å². The number of rotatable bonds is 5. The summed E-state index contributed by atoms with van der Waals surface area (Å²) >= 11 is 1.86. The molecule has 0 saturated heterocycles. The Morgan fingerprint density at radius 3 is 3.00 bits per heavy atom. The largest absolute Gasteiger partial charge is 0.317 e. The molecule has 2 heteroatoms. The Balaban J connectivity index is 2.15. The lowest BCUT2D eigenvalue weighted by atomic mass is 9.97. The smallest absolute Gasteiger partial charge is 0.0377 e. The molecule has 0 aliphatic rings. The normalized spacial score (nSPS) is 13.1. The second-order valence-electron chi connectivity index (χ2n) is 4.23. The summed E-state index contributed by atoms with van der Waals surface area (Å²) in [6.07, 6.45) is 1.21. The quantitative estimate of drug-likeness (QED) is 0.770. The third-order valence-corrected chi connectivity index (χ3v) is 4.02. The van der Waals surface area contributed by atoms with Crippen LogP contribution in [0.2, 0.25) is 0 Å². The van der Waals surface area contributed by atoms with Gasteiger partial charge in [0.25, 0.3) is 0 Å². The number of hydrogen-bond donors (Lipinski definition) is 1. The molecule has 1 atom stereocenters. The van der Waals surface area contributed by atoms with Gasteiger partial charge in [-0.2, -0.15) is 0 Å². The van der Waals surface area contributed by atoms with Crippen LogP contribution < -0.4 is 5.32 Å². The number of thiophene rings is 1. The summed E-state index contributed by atoms with van der Waals surface area (Å²) in [4.78, 5) is 0. The number of nitrogens with one attached hydrogen (secondary N) is 1. The zero-order valence-electron chi connectivity index (χ0n) is 9.99. The third-order valence-electron chi connectivity index (χ3n) is 3.04. The molecule has 16 heavy (non-hydrogen) atoms. The lowest BCUT2D eigenvalue weighted by Crippen LogP contribution is -2.15. The molecule has 1 nitrogen and oxygen atoms in total. The van der Waals surface area contributed by atoms with Gasteiger partial charge in [0.15, 0.2) is 0 Å².